The van der Waals surface area contributed by atoms with E-state index in [1.807, 2.05) is 6.07 Å². The van der Waals surface area contributed by atoms with Crippen LogP contribution in [0.25, 0.3) is 0 Å². The molecule has 0 aliphatic carbocycles. The number of carbonyl (C=O) groups excluding carboxylic acids is 1. The molecule has 110 valence electrons. The largest absolute Gasteiger partial charge is 0.442 e. The van der Waals surface area contributed by atoms with E-state index in [1.54, 1.807) is 18.5 Å². The van der Waals surface area contributed by atoms with Gasteiger partial charge in [0.25, 0.3) is 0 Å². The SMILES string of the molecule is O=C(CSC(F)(F)F)N1CCNCC1c1cccnc1. The molecule has 2 rings (SSSR count). The highest BCUT2D eigenvalue weighted by Gasteiger charge is 2.33. The number of thioether (sulfide) groups is 1. The maximum atomic E-state index is 12.2. The van der Waals surface area contributed by atoms with Crippen molar-refractivity contribution in [3.05, 3.63) is 30.1 Å². The van der Waals surface area contributed by atoms with Crippen molar-refractivity contribution in [1.82, 2.24) is 15.2 Å². The van der Waals surface area contributed by atoms with Gasteiger partial charge in [-0.05, 0) is 23.4 Å². The average Bonchev–Trinajstić information content (AvgIpc) is 2.45. The summed E-state index contributed by atoms with van der Waals surface area (Å²) < 4.78 is 36.5. The number of aromatic nitrogens is 1. The van der Waals surface area contributed by atoms with Crippen molar-refractivity contribution in [1.29, 1.82) is 0 Å². The van der Waals surface area contributed by atoms with Gasteiger partial charge in [0.05, 0.1) is 11.8 Å². The molecule has 1 amide bonds. The lowest BCUT2D eigenvalue weighted by atomic mass is 10.1. The summed E-state index contributed by atoms with van der Waals surface area (Å²) >= 11 is -0.295. The van der Waals surface area contributed by atoms with E-state index in [-0.39, 0.29) is 17.8 Å². The number of carbonyl (C=O) groups is 1. The molecular weight excluding hydrogens is 291 g/mol. The fourth-order valence-electron chi connectivity index (χ4n) is 2.10. The lowest BCUT2D eigenvalue weighted by Gasteiger charge is -2.36. The van der Waals surface area contributed by atoms with E-state index in [9.17, 15) is 18.0 Å². The van der Waals surface area contributed by atoms with Crippen LogP contribution in [-0.4, -0.2) is 46.7 Å². The summed E-state index contributed by atoms with van der Waals surface area (Å²) in [6.45, 7) is 1.50. The molecule has 1 saturated heterocycles. The first-order chi connectivity index (χ1) is 9.47. The normalized spacial score (nSPS) is 19.9. The molecule has 0 aromatic carbocycles. The molecule has 1 aliphatic heterocycles. The van der Waals surface area contributed by atoms with Crippen LogP contribution in [-0.2, 0) is 4.79 Å². The molecular formula is C12H14F3N3OS. The lowest BCUT2D eigenvalue weighted by Crippen LogP contribution is -2.49. The highest BCUT2D eigenvalue weighted by atomic mass is 32.2. The van der Waals surface area contributed by atoms with Crippen molar-refractivity contribution in [2.45, 2.75) is 11.6 Å². The van der Waals surface area contributed by atoms with Crippen LogP contribution in [0.5, 0.6) is 0 Å². The molecule has 1 unspecified atom stereocenters. The van der Waals surface area contributed by atoms with Crippen molar-refractivity contribution in [3.8, 4) is 0 Å². The van der Waals surface area contributed by atoms with E-state index in [4.69, 9.17) is 0 Å². The predicted octanol–water partition coefficient (Wildman–Crippen LogP) is 1.81. The summed E-state index contributed by atoms with van der Waals surface area (Å²) in [5.74, 6) is -1.08. The van der Waals surface area contributed by atoms with E-state index in [1.165, 1.54) is 4.90 Å². The van der Waals surface area contributed by atoms with Crippen molar-refractivity contribution in [2.75, 3.05) is 25.4 Å². The van der Waals surface area contributed by atoms with Gasteiger partial charge in [0, 0.05) is 32.0 Å². The molecule has 1 atom stereocenters. The molecule has 1 aromatic rings. The van der Waals surface area contributed by atoms with E-state index in [0.717, 1.165) is 5.56 Å². The Labute approximate surface area is 118 Å². The van der Waals surface area contributed by atoms with Gasteiger partial charge in [0.2, 0.25) is 5.91 Å². The maximum absolute atomic E-state index is 12.2. The Morgan fingerprint density at radius 1 is 1.55 bits per heavy atom. The van der Waals surface area contributed by atoms with Crippen LogP contribution in [0.3, 0.4) is 0 Å². The summed E-state index contributed by atoms with van der Waals surface area (Å²) in [5, 5.41) is 3.14. The first kappa shape index (κ1) is 15.1. The number of hydrogen-bond donors (Lipinski definition) is 1. The third-order valence-electron chi connectivity index (χ3n) is 2.99. The van der Waals surface area contributed by atoms with Gasteiger partial charge in [-0.2, -0.15) is 13.2 Å². The second-order valence-electron chi connectivity index (χ2n) is 4.33. The minimum atomic E-state index is -4.38. The second kappa shape index (κ2) is 6.45. The fraction of sp³-hybridized carbons (Fsp3) is 0.500. The highest BCUT2D eigenvalue weighted by Crippen LogP contribution is 2.31. The molecule has 8 heteroatoms. The van der Waals surface area contributed by atoms with Gasteiger partial charge in [-0.1, -0.05) is 6.07 Å². The van der Waals surface area contributed by atoms with Crippen LogP contribution in [0.4, 0.5) is 13.2 Å². The molecule has 20 heavy (non-hydrogen) atoms. The first-order valence-corrected chi connectivity index (χ1v) is 7.07. The molecule has 0 radical (unpaired) electrons. The van der Waals surface area contributed by atoms with E-state index < -0.39 is 17.2 Å². The molecule has 0 saturated carbocycles. The number of amides is 1. The predicted molar refractivity (Wildman–Crippen MR) is 70.1 cm³/mol. The first-order valence-electron chi connectivity index (χ1n) is 6.08. The van der Waals surface area contributed by atoms with Gasteiger partial charge < -0.3 is 10.2 Å². The molecule has 1 aromatic heterocycles. The van der Waals surface area contributed by atoms with Crippen molar-refractivity contribution < 1.29 is 18.0 Å². The van der Waals surface area contributed by atoms with Crippen molar-refractivity contribution in [3.63, 3.8) is 0 Å². The van der Waals surface area contributed by atoms with E-state index in [2.05, 4.69) is 10.3 Å². The van der Waals surface area contributed by atoms with Gasteiger partial charge >= 0.3 is 5.51 Å². The van der Waals surface area contributed by atoms with Gasteiger partial charge in [-0.25, -0.2) is 0 Å². The average molecular weight is 305 g/mol. The molecule has 1 aliphatic rings. The maximum Gasteiger partial charge on any atom is 0.442 e. The molecule has 2 heterocycles. The zero-order valence-electron chi connectivity index (χ0n) is 10.6. The third kappa shape index (κ3) is 4.11. The zero-order valence-corrected chi connectivity index (χ0v) is 11.4. The van der Waals surface area contributed by atoms with Crippen molar-refractivity contribution >= 4 is 17.7 Å². The summed E-state index contributed by atoms with van der Waals surface area (Å²) in [5.41, 5.74) is -3.56. The van der Waals surface area contributed by atoms with Crippen LogP contribution in [0.2, 0.25) is 0 Å². The van der Waals surface area contributed by atoms with Gasteiger partial charge in [0.15, 0.2) is 0 Å². The Kier molecular flexibility index (Phi) is 4.87. The summed E-state index contributed by atoms with van der Waals surface area (Å²) in [7, 11) is 0. The van der Waals surface area contributed by atoms with Crippen LogP contribution < -0.4 is 5.32 Å². The number of pyridine rings is 1. The summed E-state index contributed by atoms with van der Waals surface area (Å²) in [4.78, 5) is 17.5. The van der Waals surface area contributed by atoms with Crippen LogP contribution in [0.15, 0.2) is 24.5 Å². The number of hydrogen-bond acceptors (Lipinski definition) is 4. The standard InChI is InChI=1S/C12H14F3N3OS/c13-12(14,15)20-8-11(19)18-5-4-17-7-10(18)9-2-1-3-16-6-9/h1-3,6,10,17H,4-5,7-8H2. The van der Waals surface area contributed by atoms with Gasteiger partial charge in [-0.3, -0.25) is 9.78 Å². The van der Waals surface area contributed by atoms with Gasteiger partial charge in [-0.15, -0.1) is 0 Å². The Hall–Kier alpha value is -1.28. The quantitative estimate of drug-likeness (QED) is 0.925. The fourth-order valence-corrected chi connectivity index (χ4v) is 2.55. The van der Waals surface area contributed by atoms with Crippen molar-refractivity contribution in [2.24, 2.45) is 0 Å². The second-order valence-corrected chi connectivity index (χ2v) is 5.37. The molecule has 1 N–H and O–H groups in total. The molecule has 1 fully saturated rings. The number of nitrogens with one attached hydrogen (secondary N) is 1. The number of alkyl halides is 3. The topological polar surface area (TPSA) is 45.2 Å². The molecule has 0 spiro atoms. The number of piperazine rings is 1. The molecule has 4 nitrogen and oxygen atoms in total. The smallest absolute Gasteiger partial charge is 0.332 e. The van der Waals surface area contributed by atoms with E-state index in [0.29, 0.717) is 19.6 Å². The zero-order chi connectivity index (χ0) is 14.6. The summed E-state index contributed by atoms with van der Waals surface area (Å²) in [6.07, 6.45) is 3.25. The van der Waals surface area contributed by atoms with Crippen LogP contribution in [0, 0.1) is 0 Å². The van der Waals surface area contributed by atoms with Crippen LogP contribution in [0.1, 0.15) is 11.6 Å². The monoisotopic (exact) mass is 305 g/mol. The van der Waals surface area contributed by atoms with Crippen LogP contribution >= 0.6 is 11.8 Å². The number of halogens is 3. The Balaban J connectivity index is 2.05. The third-order valence-corrected chi connectivity index (χ3v) is 3.71. The highest BCUT2D eigenvalue weighted by molar-refractivity contribution is 8.00. The Morgan fingerprint density at radius 2 is 2.35 bits per heavy atom. The Morgan fingerprint density at radius 3 is 3.00 bits per heavy atom. The Bertz CT molecular complexity index is 455. The molecule has 0 bridgehead atoms. The minimum absolute atomic E-state index is 0.265. The minimum Gasteiger partial charge on any atom is -0.332 e. The number of nitrogens with zero attached hydrogens (tertiary/aromatic N) is 2. The summed E-state index contributed by atoms with van der Waals surface area (Å²) in [6, 6.07) is 3.30. The van der Waals surface area contributed by atoms with Gasteiger partial charge in [0.1, 0.15) is 0 Å². The number of rotatable bonds is 3. The van der Waals surface area contributed by atoms with E-state index >= 15 is 0 Å². The lowest BCUT2D eigenvalue weighted by molar-refractivity contribution is -0.131.